The third-order valence-electron chi connectivity index (χ3n) is 3.59. The van der Waals surface area contributed by atoms with E-state index in [1.165, 1.54) is 0 Å². The molecule has 0 fully saturated rings. The highest BCUT2D eigenvalue weighted by atomic mass is 32.1. The van der Waals surface area contributed by atoms with Crippen LogP contribution in [0, 0.1) is 0 Å². The van der Waals surface area contributed by atoms with Crippen LogP contribution in [0.15, 0.2) is 48.8 Å². The van der Waals surface area contributed by atoms with E-state index in [0.29, 0.717) is 22.9 Å². The number of anilines is 4. The molecule has 0 radical (unpaired) electrons. The van der Waals surface area contributed by atoms with Crippen molar-refractivity contribution in [2.24, 2.45) is 5.73 Å². The Kier molecular flexibility index (Phi) is 6.14. The molecular formula is C18H18N6O3S. The van der Waals surface area contributed by atoms with Gasteiger partial charge in [-0.1, -0.05) is 11.3 Å². The molecule has 0 atom stereocenters. The summed E-state index contributed by atoms with van der Waals surface area (Å²) in [6, 6.07) is 10.3. The first-order valence-corrected chi connectivity index (χ1v) is 9.12. The second-order valence-corrected chi connectivity index (χ2v) is 6.61. The number of nitrogens with one attached hydrogen (secondary N) is 3. The van der Waals surface area contributed by atoms with Crippen molar-refractivity contribution in [1.82, 2.24) is 9.97 Å². The fraction of sp³-hybridized carbons (Fsp3) is 0.111. The summed E-state index contributed by atoms with van der Waals surface area (Å²) in [5, 5.41) is 18.2. The molecule has 9 nitrogen and oxygen atoms in total. The molecule has 0 unspecified atom stereocenters. The van der Waals surface area contributed by atoms with E-state index in [9.17, 15) is 9.59 Å². The summed E-state index contributed by atoms with van der Waals surface area (Å²) in [6.45, 7) is 0.431. The lowest BCUT2D eigenvalue weighted by Gasteiger charge is -2.06. The number of thiazole rings is 1. The van der Waals surface area contributed by atoms with Gasteiger partial charge in [0.15, 0.2) is 10.8 Å². The van der Waals surface area contributed by atoms with Crippen LogP contribution in [0.5, 0.6) is 0 Å². The second kappa shape index (κ2) is 8.93. The molecule has 0 aliphatic carbocycles. The van der Waals surface area contributed by atoms with E-state index in [4.69, 9.17) is 10.8 Å². The molecule has 0 bridgehead atoms. The van der Waals surface area contributed by atoms with Crippen molar-refractivity contribution in [3.8, 4) is 0 Å². The van der Waals surface area contributed by atoms with Gasteiger partial charge in [-0.2, -0.15) is 0 Å². The summed E-state index contributed by atoms with van der Waals surface area (Å²) in [5.74, 6) is -1.14. The van der Waals surface area contributed by atoms with Crippen LogP contribution in [0.25, 0.3) is 0 Å². The fourth-order valence-electron chi connectivity index (χ4n) is 2.30. The van der Waals surface area contributed by atoms with E-state index >= 15 is 0 Å². The largest absolute Gasteiger partial charge is 0.395 e. The van der Waals surface area contributed by atoms with Gasteiger partial charge in [0.25, 0.3) is 11.8 Å². The number of carbonyl (C=O) groups is 2. The van der Waals surface area contributed by atoms with Gasteiger partial charge in [-0.15, -0.1) is 0 Å². The predicted octanol–water partition coefficient (Wildman–Crippen LogP) is 2.04. The highest BCUT2D eigenvalue weighted by Crippen LogP contribution is 2.30. The van der Waals surface area contributed by atoms with E-state index in [2.05, 4.69) is 25.9 Å². The van der Waals surface area contributed by atoms with Crippen molar-refractivity contribution in [2.75, 3.05) is 29.1 Å². The van der Waals surface area contributed by atoms with Crippen molar-refractivity contribution in [2.45, 2.75) is 0 Å². The van der Waals surface area contributed by atoms with Crippen molar-refractivity contribution < 1.29 is 14.7 Å². The Bertz CT molecular complexity index is 959. The van der Waals surface area contributed by atoms with Gasteiger partial charge in [-0.05, 0) is 36.4 Å². The number of primary amides is 1. The molecule has 1 aromatic carbocycles. The summed E-state index contributed by atoms with van der Waals surface area (Å²) in [6.07, 6.45) is 3.24. The summed E-state index contributed by atoms with van der Waals surface area (Å²) in [4.78, 5) is 32.4. The zero-order chi connectivity index (χ0) is 19.9. The Balaban J connectivity index is 1.75. The van der Waals surface area contributed by atoms with Crippen LogP contribution in [0.1, 0.15) is 20.8 Å². The van der Waals surface area contributed by atoms with Crippen LogP contribution in [-0.2, 0) is 0 Å². The molecule has 144 valence electrons. The number of hydrogen-bond acceptors (Lipinski definition) is 8. The first-order chi connectivity index (χ1) is 13.6. The molecule has 3 aromatic rings. The van der Waals surface area contributed by atoms with Crippen molar-refractivity contribution in [1.29, 1.82) is 0 Å². The molecule has 0 saturated carbocycles. The van der Waals surface area contributed by atoms with Crippen LogP contribution in [0.3, 0.4) is 0 Å². The van der Waals surface area contributed by atoms with Crippen LogP contribution in [-0.4, -0.2) is 40.0 Å². The quantitative estimate of drug-likeness (QED) is 0.391. The first kappa shape index (κ1) is 19.3. The SMILES string of the molecule is NC(=O)c1nc(Nc2cccnc2)sc1NC(=O)c1ccc(NCCO)cc1. The Labute approximate surface area is 164 Å². The summed E-state index contributed by atoms with van der Waals surface area (Å²) >= 11 is 1.10. The zero-order valence-corrected chi connectivity index (χ0v) is 15.5. The number of benzene rings is 1. The lowest BCUT2D eigenvalue weighted by molar-refractivity contribution is 0.0997. The third-order valence-corrected chi connectivity index (χ3v) is 4.47. The molecule has 10 heteroatoms. The van der Waals surface area contributed by atoms with Crippen molar-refractivity contribution in [3.63, 3.8) is 0 Å². The number of nitrogens with zero attached hydrogens (tertiary/aromatic N) is 2. The molecule has 2 aromatic heterocycles. The fourth-order valence-corrected chi connectivity index (χ4v) is 3.19. The molecule has 6 N–H and O–H groups in total. The normalized spacial score (nSPS) is 10.3. The Morgan fingerprint density at radius 1 is 1.14 bits per heavy atom. The van der Waals surface area contributed by atoms with Crippen LogP contribution in [0.4, 0.5) is 21.5 Å². The maximum atomic E-state index is 12.5. The number of pyridine rings is 1. The molecule has 3 rings (SSSR count). The molecule has 2 heterocycles. The lowest BCUT2D eigenvalue weighted by Crippen LogP contribution is -2.17. The highest BCUT2D eigenvalue weighted by Gasteiger charge is 2.19. The summed E-state index contributed by atoms with van der Waals surface area (Å²) < 4.78 is 0. The van der Waals surface area contributed by atoms with E-state index in [1.807, 2.05) is 0 Å². The van der Waals surface area contributed by atoms with Gasteiger partial charge >= 0.3 is 0 Å². The second-order valence-electron chi connectivity index (χ2n) is 5.61. The first-order valence-electron chi connectivity index (χ1n) is 8.30. The number of amides is 2. The Morgan fingerprint density at radius 3 is 2.57 bits per heavy atom. The maximum absolute atomic E-state index is 12.5. The smallest absolute Gasteiger partial charge is 0.270 e. The van der Waals surface area contributed by atoms with Gasteiger partial charge in [-0.3, -0.25) is 14.6 Å². The van der Waals surface area contributed by atoms with Gasteiger partial charge < -0.3 is 26.8 Å². The van der Waals surface area contributed by atoms with E-state index in [-0.39, 0.29) is 17.3 Å². The van der Waals surface area contributed by atoms with Crippen LogP contribution in [0.2, 0.25) is 0 Å². The standard InChI is InChI=1S/C18H18N6O3S/c19-15(26)14-17(28-18(23-14)22-13-2-1-7-20-10-13)24-16(27)11-3-5-12(6-4-11)21-8-9-25/h1-7,10,21,25H,8-9H2,(H2,19,26)(H,22,23)(H,24,27). The Morgan fingerprint density at radius 2 is 1.93 bits per heavy atom. The molecule has 2 amide bonds. The summed E-state index contributed by atoms with van der Waals surface area (Å²) in [5.41, 5.74) is 7.24. The van der Waals surface area contributed by atoms with Gasteiger partial charge in [0, 0.05) is 24.0 Å². The molecule has 0 saturated heterocycles. The number of aliphatic hydroxyl groups excluding tert-OH is 1. The molecular weight excluding hydrogens is 380 g/mol. The summed E-state index contributed by atoms with van der Waals surface area (Å²) in [7, 11) is 0. The van der Waals surface area contributed by atoms with Gasteiger partial charge in [0.2, 0.25) is 0 Å². The minimum atomic E-state index is -0.741. The van der Waals surface area contributed by atoms with Gasteiger partial charge in [0.1, 0.15) is 5.00 Å². The molecule has 28 heavy (non-hydrogen) atoms. The lowest BCUT2D eigenvalue weighted by atomic mass is 10.2. The number of aromatic nitrogens is 2. The highest BCUT2D eigenvalue weighted by molar-refractivity contribution is 7.20. The predicted molar refractivity (Wildman–Crippen MR) is 108 cm³/mol. The van der Waals surface area contributed by atoms with Gasteiger partial charge in [-0.25, -0.2) is 4.98 Å². The number of carbonyl (C=O) groups excluding carboxylic acids is 2. The zero-order valence-electron chi connectivity index (χ0n) is 14.7. The van der Waals surface area contributed by atoms with Crippen LogP contribution >= 0.6 is 11.3 Å². The average Bonchev–Trinajstić information content (AvgIpc) is 3.10. The number of rotatable bonds is 8. The molecule has 0 aliphatic heterocycles. The topological polar surface area (TPSA) is 142 Å². The Hall–Kier alpha value is -3.50. The minimum absolute atomic E-state index is 0.0128. The monoisotopic (exact) mass is 398 g/mol. The van der Waals surface area contributed by atoms with E-state index in [0.717, 1.165) is 17.0 Å². The number of nitrogens with two attached hydrogens (primary N) is 1. The minimum Gasteiger partial charge on any atom is -0.395 e. The average molecular weight is 398 g/mol. The maximum Gasteiger partial charge on any atom is 0.270 e. The van der Waals surface area contributed by atoms with Crippen molar-refractivity contribution in [3.05, 3.63) is 60.0 Å². The number of hydrogen-bond donors (Lipinski definition) is 5. The number of aliphatic hydroxyl groups is 1. The van der Waals surface area contributed by atoms with Crippen molar-refractivity contribution >= 4 is 44.7 Å². The van der Waals surface area contributed by atoms with Gasteiger partial charge in [0.05, 0.1) is 18.5 Å². The third kappa shape index (κ3) is 4.81. The van der Waals surface area contributed by atoms with E-state index < -0.39 is 11.8 Å². The van der Waals surface area contributed by atoms with Crippen LogP contribution < -0.4 is 21.7 Å². The molecule has 0 spiro atoms. The molecule has 0 aliphatic rings. The van der Waals surface area contributed by atoms with E-state index in [1.54, 1.807) is 48.8 Å².